The highest BCUT2D eigenvalue weighted by Crippen LogP contribution is 2.37. The minimum Gasteiger partial charge on any atom is -0.480 e. The number of H-pyrrole nitrogens is 1. The SMILES string of the molecule is COc1ncnc2[nH]cc(C(=O)c3c(F)ccc(NS(=O)(=O)C4CCC(F)(F)CC4)c3F)c12. The summed E-state index contributed by atoms with van der Waals surface area (Å²) in [6.45, 7) is 0. The van der Waals surface area contributed by atoms with E-state index in [0.29, 0.717) is 0 Å². The highest BCUT2D eigenvalue weighted by Gasteiger charge is 2.40. The van der Waals surface area contributed by atoms with Crippen LogP contribution in [0, 0.1) is 11.6 Å². The monoisotopic (exact) mass is 486 g/mol. The highest BCUT2D eigenvalue weighted by molar-refractivity contribution is 7.93. The number of ether oxygens (including phenoxy) is 1. The molecule has 0 unspecified atom stereocenters. The van der Waals surface area contributed by atoms with E-state index >= 15 is 4.39 Å². The molecular formula is C20H18F4N4O4S. The zero-order valence-electron chi connectivity index (χ0n) is 17.2. The molecule has 13 heteroatoms. The van der Waals surface area contributed by atoms with E-state index in [9.17, 15) is 26.4 Å². The molecule has 1 aromatic carbocycles. The number of nitrogens with zero attached hydrogens (tertiary/aromatic N) is 2. The second kappa shape index (κ2) is 8.28. The van der Waals surface area contributed by atoms with E-state index in [2.05, 4.69) is 15.0 Å². The third-order valence-electron chi connectivity index (χ3n) is 5.55. The van der Waals surface area contributed by atoms with Crippen molar-refractivity contribution in [2.45, 2.75) is 36.9 Å². The minimum absolute atomic E-state index is 0.00336. The first-order valence-electron chi connectivity index (χ1n) is 9.82. The number of hydrogen-bond donors (Lipinski definition) is 2. The summed E-state index contributed by atoms with van der Waals surface area (Å²) in [6, 6.07) is 1.57. The second-order valence-corrected chi connectivity index (χ2v) is 9.59. The van der Waals surface area contributed by atoms with E-state index in [1.54, 1.807) is 0 Å². The summed E-state index contributed by atoms with van der Waals surface area (Å²) in [4.78, 5) is 23.5. The summed E-state index contributed by atoms with van der Waals surface area (Å²) in [5, 5.41) is -1.08. The van der Waals surface area contributed by atoms with Crippen LogP contribution in [0.25, 0.3) is 11.0 Å². The lowest BCUT2D eigenvalue weighted by atomic mass is 9.96. The number of fused-ring (bicyclic) bond motifs is 1. The van der Waals surface area contributed by atoms with Crippen molar-refractivity contribution >= 4 is 32.5 Å². The number of nitrogens with one attached hydrogen (secondary N) is 2. The molecule has 0 spiro atoms. The zero-order chi connectivity index (χ0) is 24.0. The highest BCUT2D eigenvalue weighted by atomic mass is 32.2. The Balaban J connectivity index is 1.69. The lowest BCUT2D eigenvalue weighted by Crippen LogP contribution is -2.35. The Labute approximate surface area is 185 Å². The molecule has 3 aromatic rings. The van der Waals surface area contributed by atoms with Crippen LogP contribution in [0.5, 0.6) is 5.88 Å². The molecule has 1 aliphatic carbocycles. The Morgan fingerprint density at radius 3 is 2.58 bits per heavy atom. The second-order valence-electron chi connectivity index (χ2n) is 7.62. The van der Waals surface area contributed by atoms with Gasteiger partial charge in [-0.3, -0.25) is 9.52 Å². The van der Waals surface area contributed by atoms with Crippen LogP contribution in [0.3, 0.4) is 0 Å². The van der Waals surface area contributed by atoms with Crippen molar-refractivity contribution in [2.24, 2.45) is 0 Å². The van der Waals surface area contributed by atoms with Gasteiger partial charge in [0.15, 0.2) is 5.82 Å². The third kappa shape index (κ3) is 4.24. The Morgan fingerprint density at radius 1 is 1.21 bits per heavy atom. The van der Waals surface area contributed by atoms with Crippen LogP contribution >= 0.6 is 0 Å². The molecule has 2 aromatic heterocycles. The average Bonchev–Trinajstić information content (AvgIpc) is 3.20. The number of rotatable bonds is 6. The number of ketones is 1. The van der Waals surface area contributed by atoms with Gasteiger partial charge in [0.05, 0.1) is 34.6 Å². The molecule has 0 radical (unpaired) electrons. The first-order chi connectivity index (χ1) is 15.5. The third-order valence-corrected chi connectivity index (χ3v) is 7.40. The Bertz CT molecular complexity index is 1330. The van der Waals surface area contributed by atoms with Crippen molar-refractivity contribution in [1.29, 1.82) is 0 Å². The van der Waals surface area contributed by atoms with Crippen LogP contribution < -0.4 is 9.46 Å². The van der Waals surface area contributed by atoms with Gasteiger partial charge in [0.2, 0.25) is 27.6 Å². The molecule has 1 aliphatic rings. The smallest absolute Gasteiger partial charge is 0.248 e. The molecule has 0 bridgehead atoms. The number of methoxy groups -OCH3 is 1. The molecule has 2 N–H and O–H groups in total. The number of anilines is 1. The molecule has 0 aliphatic heterocycles. The normalized spacial score (nSPS) is 16.6. The largest absolute Gasteiger partial charge is 0.480 e. The van der Waals surface area contributed by atoms with E-state index in [4.69, 9.17) is 4.74 Å². The number of sulfonamides is 1. The van der Waals surface area contributed by atoms with Crippen molar-refractivity contribution in [3.8, 4) is 5.88 Å². The minimum atomic E-state index is -4.27. The molecule has 176 valence electrons. The maximum absolute atomic E-state index is 15.2. The van der Waals surface area contributed by atoms with Crippen LogP contribution in [0.15, 0.2) is 24.7 Å². The van der Waals surface area contributed by atoms with E-state index < -0.39 is 62.7 Å². The van der Waals surface area contributed by atoms with Crippen molar-refractivity contribution in [1.82, 2.24) is 15.0 Å². The summed E-state index contributed by atoms with van der Waals surface area (Å²) in [6.07, 6.45) is 0.501. The lowest BCUT2D eigenvalue weighted by molar-refractivity contribution is -0.0328. The number of alkyl halides is 2. The first-order valence-corrected chi connectivity index (χ1v) is 11.4. The van der Waals surface area contributed by atoms with Gasteiger partial charge in [-0.15, -0.1) is 0 Å². The van der Waals surface area contributed by atoms with Crippen molar-refractivity contribution in [2.75, 3.05) is 11.8 Å². The van der Waals surface area contributed by atoms with Crippen LogP contribution in [0.1, 0.15) is 41.6 Å². The van der Waals surface area contributed by atoms with Gasteiger partial charge in [0.25, 0.3) is 0 Å². The predicted octanol–water partition coefficient (Wildman–Crippen LogP) is 3.80. The molecule has 2 heterocycles. The maximum Gasteiger partial charge on any atom is 0.248 e. The number of carbonyl (C=O) groups is 1. The predicted molar refractivity (Wildman–Crippen MR) is 110 cm³/mol. The van der Waals surface area contributed by atoms with Gasteiger partial charge in [-0.2, -0.15) is 0 Å². The van der Waals surface area contributed by atoms with Gasteiger partial charge in [0, 0.05) is 19.0 Å². The van der Waals surface area contributed by atoms with Crippen LogP contribution in [-0.4, -0.2) is 47.4 Å². The van der Waals surface area contributed by atoms with Crippen molar-refractivity contribution < 1.29 is 35.5 Å². The van der Waals surface area contributed by atoms with E-state index in [-0.39, 0.29) is 35.3 Å². The topological polar surface area (TPSA) is 114 Å². The molecule has 33 heavy (non-hydrogen) atoms. The molecule has 0 saturated heterocycles. The van der Waals surface area contributed by atoms with E-state index in [1.807, 2.05) is 4.72 Å². The number of benzene rings is 1. The lowest BCUT2D eigenvalue weighted by Gasteiger charge is -2.28. The fourth-order valence-electron chi connectivity index (χ4n) is 3.80. The van der Waals surface area contributed by atoms with Gasteiger partial charge in [0.1, 0.15) is 17.8 Å². The number of hydrogen-bond acceptors (Lipinski definition) is 6. The Morgan fingerprint density at radius 2 is 1.91 bits per heavy atom. The first kappa shape index (κ1) is 23.0. The summed E-state index contributed by atoms with van der Waals surface area (Å²) in [5.74, 6) is -6.70. The van der Waals surface area contributed by atoms with Crippen molar-refractivity contribution in [3.05, 3.63) is 47.4 Å². The van der Waals surface area contributed by atoms with Gasteiger partial charge < -0.3 is 9.72 Å². The fourth-order valence-corrected chi connectivity index (χ4v) is 5.29. The number of aromatic nitrogens is 3. The average molecular weight is 486 g/mol. The summed E-state index contributed by atoms with van der Waals surface area (Å²) in [5.41, 5.74) is -1.66. The van der Waals surface area contributed by atoms with Crippen LogP contribution in [0.4, 0.5) is 23.2 Å². The Kier molecular flexibility index (Phi) is 5.76. The zero-order valence-corrected chi connectivity index (χ0v) is 18.0. The molecule has 1 saturated carbocycles. The summed E-state index contributed by atoms with van der Waals surface area (Å²) in [7, 11) is -2.97. The van der Waals surface area contributed by atoms with Gasteiger partial charge in [-0.05, 0) is 25.0 Å². The van der Waals surface area contributed by atoms with Gasteiger partial charge >= 0.3 is 0 Å². The molecule has 1 fully saturated rings. The van der Waals surface area contributed by atoms with E-state index in [0.717, 1.165) is 12.1 Å². The standard InChI is InChI=1S/C20H18F4N4O4S/c1-32-19-14-11(8-25-18(14)26-9-27-19)17(29)15-12(21)2-3-13(16(15)22)28-33(30,31)10-4-6-20(23,24)7-5-10/h2-3,8-10,28H,4-7H2,1H3,(H,25,26,27). The van der Waals surface area contributed by atoms with Gasteiger partial charge in [-0.25, -0.2) is 35.9 Å². The molecular weight excluding hydrogens is 468 g/mol. The van der Waals surface area contributed by atoms with Gasteiger partial charge in [-0.1, -0.05) is 0 Å². The molecule has 0 amide bonds. The number of carbonyl (C=O) groups excluding carboxylic acids is 1. The maximum atomic E-state index is 15.2. The molecule has 8 nitrogen and oxygen atoms in total. The number of halogens is 4. The molecule has 0 atom stereocenters. The molecule has 4 rings (SSSR count). The Hall–Kier alpha value is -3.22. The van der Waals surface area contributed by atoms with E-state index in [1.165, 1.54) is 19.6 Å². The van der Waals surface area contributed by atoms with Crippen molar-refractivity contribution in [3.63, 3.8) is 0 Å². The fraction of sp³-hybridized carbons (Fsp3) is 0.350. The quantitative estimate of drug-likeness (QED) is 0.405. The summed E-state index contributed by atoms with van der Waals surface area (Å²) < 4.78 is 88.8. The van der Waals surface area contributed by atoms with Crippen LogP contribution in [-0.2, 0) is 10.0 Å². The van der Waals surface area contributed by atoms with Crippen LogP contribution in [0.2, 0.25) is 0 Å². The summed E-state index contributed by atoms with van der Waals surface area (Å²) >= 11 is 0. The number of aromatic amines is 1.